The van der Waals surface area contributed by atoms with Gasteiger partial charge in [-0.05, 0) is 32.1 Å². The molecule has 0 aromatic carbocycles. The van der Waals surface area contributed by atoms with Gasteiger partial charge in [-0.2, -0.15) is 5.10 Å². The minimum absolute atomic E-state index is 0.0809. The van der Waals surface area contributed by atoms with E-state index < -0.39 is 12.0 Å². The van der Waals surface area contributed by atoms with E-state index in [1.165, 1.54) is 0 Å². The van der Waals surface area contributed by atoms with Crippen LogP contribution >= 0.6 is 0 Å². The highest BCUT2D eigenvalue weighted by Gasteiger charge is 2.47. The molecule has 1 aromatic heterocycles. The molecule has 1 saturated carbocycles. The van der Waals surface area contributed by atoms with E-state index in [2.05, 4.69) is 5.10 Å². The van der Waals surface area contributed by atoms with Crippen molar-refractivity contribution in [3.8, 4) is 0 Å². The van der Waals surface area contributed by atoms with Crippen LogP contribution in [0.15, 0.2) is 12.4 Å². The molecule has 6 nitrogen and oxygen atoms in total. The standard InChI is InChI=1S/C15H21N3O3/c1-2-17-9-11(8-16-17)14(19)18-12-6-4-3-5-10(12)7-13(18)15(20)21/h8-10,12-13H,2-7H2,1H3,(H,20,21)/t10-,12+,13-/m0/s1. The van der Waals surface area contributed by atoms with Gasteiger partial charge in [-0.3, -0.25) is 9.48 Å². The van der Waals surface area contributed by atoms with Crippen LogP contribution in [0.2, 0.25) is 0 Å². The van der Waals surface area contributed by atoms with Crippen molar-refractivity contribution in [2.75, 3.05) is 0 Å². The fraction of sp³-hybridized carbons (Fsp3) is 0.667. The Hall–Kier alpha value is -1.85. The summed E-state index contributed by atoms with van der Waals surface area (Å²) < 4.78 is 1.69. The van der Waals surface area contributed by atoms with Crippen LogP contribution in [0, 0.1) is 5.92 Å². The van der Waals surface area contributed by atoms with Crippen molar-refractivity contribution in [3.63, 3.8) is 0 Å². The van der Waals surface area contributed by atoms with Crippen molar-refractivity contribution in [3.05, 3.63) is 18.0 Å². The number of hydrogen-bond acceptors (Lipinski definition) is 3. The predicted molar refractivity (Wildman–Crippen MR) is 75.9 cm³/mol. The summed E-state index contributed by atoms with van der Waals surface area (Å²) in [5.41, 5.74) is 0.495. The van der Waals surface area contributed by atoms with Gasteiger partial charge >= 0.3 is 5.97 Å². The van der Waals surface area contributed by atoms with Gasteiger partial charge in [-0.25, -0.2) is 4.79 Å². The van der Waals surface area contributed by atoms with E-state index in [1.807, 2.05) is 6.92 Å². The Labute approximate surface area is 123 Å². The number of aromatic nitrogens is 2. The largest absolute Gasteiger partial charge is 0.480 e. The molecule has 1 aliphatic heterocycles. The minimum atomic E-state index is -0.888. The first kappa shape index (κ1) is 14.1. The van der Waals surface area contributed by atoms with Crippen molar-refractivity contribution in [1.29, 1.82) is 0 Å². The molecule has 3 rings (SSSR count). The number of fused-ring (bicyclic) bond motifs is 1. The molecule has 0 spiro atoms. The second-order valence-electron chi connectivity index (χ2n) is 6.00. The lowest BCUT2D eigenvalue weighted by atomic mass is 9.84. The van der Waals surface area contributed by atoms with Crippen molar-refractivity contribution in [1.82, 2.24) is 14.7 Å². The van der Waals surface area contributed by atoms with Gasteiger partial charge in [-0.1, -0.05) is 12.8 Å². The molecule has 2 fully saturated rings. The Morgan fingerprint density at radius 1 is 1.38 bits per heavy atom. The molecule has 1 amide bonds. The molecular formula is C15H21N3O3. The second-order valence-corrected chi connectivity index (χ2v) is 6.00. The highest BCUT2D eigenvalue weighted by atomic mass is 16.4. The van der Waals surface area contributed by atoms with Gasteiger partial charge in [0.25, 0.3) is 5.91 Å². The smallest absolute Gasteiger partial charge is 0.326 e. The molecule has 0 radical (unpaired) electrons. The van der Waals surface area contributed by atoms with Crippen LogP contribution in [-0.2, 0) is 11.3 Å². The molecule has 1 aliphatic carbocycles. The summed E-state index contributed by atoms with van der Waals surface area (Å²) in [6.07, 6.45) is 8.01. The third kappa shape index (κ3) is 2.43. The molecule has 1 saturated heterocycles. The zero-order chi connectivity index (χ0) is 15.0. The van der Waals surface area contributed by atoms with Crippen molar-refractivity contribution in [2.24, 2.45) is 5.92 Å². The quantitative estimate of drug-likeness (QED) is 0.920. The molecular weight excluding hydrogens is 270 g/mol. The third-order valence-electron chi connectivity index (χ3n) is 4.81. The van der Waals surface area contributed by atoms with Gasteiger partial charge < -0.3 is 10.0 Å². The van der Waals surface area contributed by atoms with Crippen LogP contribution in [-0.4, -0.2) is 43.7 Å². The summed E-state index contributed by atoms with van der Waals surface area (Å²) in [5, 5.41) is 13.6. The third-order valence-corrected chi connectivity index (χ3v) is 4.81. The maximum absolute atomic E-state index is 12.8. The monoisotopic (exact) mass is 291 g/mol. The molecule has 6 heteroatoms. The SMILES string of the molecule is CCn1cc(C(=O)N2[C@@H]3CCCC[C@H]3C[C@H]2C(=O)O)cn1. The molecule has 3 atom stereocenters. The Kier molecular flexibility index (Phi) is 3.69. The van der Waals surface area contributed by atoms with E-state index >= 15 is 0 Å². The molecule has 0 bridgehead atoms. The normalized spacial score (nSPS) is 28.4. The molecule has 114 valence electrons. The number of carbonyl (C=O) groups is 2. The predicted octanol–water partition coefficient (Wildman–Crippen LogP) is 1.76. The summed E-state index contributed by atoms with van der Waals surface area (Å²) >= 11 is 0. The van der Waals surface area contributed by atoms with Gasteiger partial charge in [0.15, 0.2) is 0 Å². The highest BCUT2D eigenvalue weighted by molar-refractivity contribution is 5.96. The zero-order valence-electron chi connectivity index (χ0n) is 12.2. The minimum Gasteiger partial charge on any atom is -0.480 e. The van der Waals surface area contributed by atoms with E-state index in [-0.39, 0.29) is 11.9 Å². The zero-order valence-corrected chi connectivity index (χ0v) is 12.2. The van der Waals surface area contributed by atoms with Crippen molar-refractivity contribution < 1.29 is 14.7 Å². The fourth-order valence-electron chi connectivity index (χ4n) is 3.77. The molecule has 2 aliphatic rings. The van der Waals surface area contributed by atoms with Gasteiger partial charge in [0.05, 0.1) is 11.8 Å². The Morgan fingerprint density at radius 3 is 2.81 bits per heavy atom. The van der Waals surface area contributed by atoms with E-state index in [4.69, 9.17) is 0 Å². The molecule has 2 heterocycles. The van der Waals surface area contributed by atoms with Crippen LogP contribution in [0.3, 0.4) is 0 Å². The summed E-state index contributed by atoms with van der Waals surface area (Å²) in [5.74, 6) is -0.734. The molecule has 1 N–H and O–H groups in total. The lowest BCUT2D eigenvalue weighted by molar-refractivity contribution is -0.141. The van der Waals surface area contributed by atoms with Crippen LogP contribution in [0.1, 0.15) is 49.4 Å². The maximum Gasteiger partial charge on any atom is 0.326 e. The van der Waals surface area contributed by atoms with Gasteiger partial charge in [-0.15, -0.1) is 0 Å². The highest BCUT2D eigenvalue weighted by Crippen LogP contribution is 2.40. The number of hydrogen-bond donors (Lipinski definition) is 1. The van der Waals surface area contributed by atoms with Crippen LogP contribution in [0.25, 0.3) is 0 Å². The number of carbonyl (C=O) groups excluding carboxylic acids is 1. The Morgan fingerprint density at radius 2 is 2.14 bits per heavy atom. The second kappa shape index (κ2) is 5.50. The number of amides is 1. The van der Waals surface area contributed by atoms with E-state index in [0.29, 0.717) is 24.4 Å². The summed E-state index contributed by atoms with van der Waals surface area (Å²) in [4.78, 5) is 25.9. The lowest BCUT2D eigenvalue weighted by Gasteiger charge is -2.32. The molecule has 21 heavy (non-hydrogen) atoms. The average Bonchev–Trinajstić information content (AvgIpc) is 3.11. The number of carboxylic acid groups (broad SMARTS) is 1. The van der Waals surface area contributed by atoms with E-state index in [0.717, 1.165) is 25.7 Å². The molecule has 0 unspecified atom stereocenters. The Bertz CT molecular complexity index is 554. The number of likely N-dealkylation sites (tertiary alicyclic amines) is 1. The average molecular weight is 291 g/mol. The van der Waals surface area contributed by atoms with Gasteiger partial charge in [0.1, 0.15) is 6.04 Å². The number of aliphatic carboxylic acids is 1. The van der Waals surface area contributed by atoms with Crippen LogP contribution < -0.4 is 0 Å². The van der Waals surface area contributed by atoms with Crippen molar-refractivity contribution in [2.45, 2.75) is 57.7 Å². The summed E-state index contributed by atoms with van der Waals surface area (Å²) in [7, 11) is 0. The summed E-state index contributed by atoms with van der Waals surface area (Å²) in [6, 6.07) is -0.604. The molecule has 1 aromatic rings. The van der Waals surface area contributed by atoms with E-state index in [9.17, 15) is 14.7 Å². The number of carboxylic acids is 1. The van der Waals surface area contributed by atoms with Crippen LogP contribution in [0.5, 0.6) is 0 Å². The topological polar surface area (TPSA) is 75.4 Å². The van der Waals surface area contributed by atoms with Crippen molar-refractivity contribution >= 4 is 11.9 Å². The first-order valence-corrected chi connectivity index (χ1v) is 7.69. The first-order chi connectivity index (χ1) is 10.1. The van der Waals surface area contributed by atoms with Gasteiger partial charge in [0, 0.05) is 18.8 Å². The number of nitrogens with zero attached hydrogens (tertiary/aromatic N) is 3. The number of rotatable bonds is 3. The van der Waals surface area contributed by atoms with Gasteiger partial charge in [0.2, 0.25) is 0 Å². The van der Waals surface area contributed by atoms with Crippen LogP contribution in [0.4, 0.5) is 0 Å². The lowest BCUT2D eigenvalue weighted by Crippen LogP contribution is -2.46. The number of aryl methyl sites for hydroxylation is 1. The summed E-state index contributed by atoms with van der Waals surface area (Å²) in [6.45, 7) is 2.65. The Balaban J connectivity index is 1.88. The first-order valence-electron chi connectivity index (χ1n) is 7.69. The maximum atomic E-state index is 12.8. The van der Waals surface area contributed by atoms with E-state index in [1.54, 1.807) is 22.0 Å². The fourth-order valence-corrected chi connectivity index (χ4v) is 3.77.